The van der Waals surface area contributed by atoms with Gasteiger partial charge in [-0.25, -0.2) is 0 Å². The highest BCUT2D eigenvalue weighted by Gasteiger charge is 2.45. The number of para-hydroxylation sites is 1. The Balaban J connectivity index is 1.76. The highest BCUT2D eigenvalue weighted by molar-refractivity contribution is 6.00. The summed E-state index contributed by atoms with van der Waals surface area (Å²) in [6.45, 7) is 7.02. The van der Waals surface area contributed by atoms with E-state index in [2.05, 4.69) is 20.8 Å². The number of ether oxygens (including phenoxy) is 1. The van der Waals surface area contributed by atoms with Gasteiger partial charge in [-0.05, 0) is 49.1 Å². The molecule has 2 aliphatic rings. The molecule has 1 fully saturated rings. The number of hydrogen-bond acceptors (Lipinski definition) is 2. The molecule has 1 spiro atoms. The van der Waals surface area contributed by atoms with Crippen LogP contribution in [0.25, 0.3) is 0 Å². The van der Waals surface area contributed by atoms with Crippen molar-refractivity contribution in [1.82, 2.24) is 0 Å². The maximum Gasteiger partial charge on any atom is 0.170 e. The normalized spacial score (nSPS) is 29.1. The third-order valence-electron chi connectivity index (χ3n) is 5.91. The van der Waals surface area contributed by atoms with Crippen LogP contribution in [0.3, 0.4) is 0 Å². The molecule has 21 heavy (non-hydrogen) atoms. The highest BCUT2D eigenvalue weighted by Crippen LogP contribution is 2.48. The van der Waals surface area contributed by atoms with E-state index in [9.17, 15) is 4.79 Å². The molecule has 0 atom stereocenters. The fraction of sp³-hybridized carbons (Fsp3) is 0.632. The molecule has 1 aromatic carbocycles. The van der Waals surface area contributed by atoms with Gasteiger partial charge < -0.3 is 4.74 Å². The van der Waals surface area contributed by atoms with Gasteiger partial charge in [0.05, 0.1) is 12.0 Å². The third-order valence-corrected chi connectivity index (χ3v) is 5.91. The van der Waals surface area contributed by atoms with Crippen molar-refractivity contribution in [1.29, 1.82) is 0 Å². The lowest BCUT2D eigenvalue weighted by Gasteiger charge is -2.46. The molecule has 2 heteroatoms. The average Bonchev–Trinajstić information content (AvgIpc) is 2.48. The van der Waals surface area contributed by atoms with Gasteiger partial charge in [-0.3, -0.25) is 4.79 Å². The van der Waals surface area contributed by atoms with E-state index >= 15 is 0 Å². The Morgan fingerprint density at radius 1 is 1.24 bits per heavy atom. The van der Waals surface area contributed by atoms with Crippen LogP contribution in [-0.4, -0.2) is 11.4 Å². The van der Waals surface area contributed by atoms with E-state index in [4.69, 9.17) is 4.74 Å². The first-order valence-corrected chi connectivity index (χ1v) is 8.27. The van der Waals surface area contributed by atoms with Gasteiger partial charge in [0.15, 0.2) is 5.78 Å². The van der Waals surface area contributed by atoms with E-state index < -0.39 is 0 Å². The molecule has 2 nitrogen and oxygen atoms in total. The van der Waals surface area contributed by atoms with E-state index in [1.54, 1.807) is 0 Å². The molecular weight excluding hydrogens is 260 g/mol. The summed E-state index contributed by atoms with van der Waals surface area (Å²) in [7, 11) is 0. The minimum atomic E-state index is -0.230. The summed E-state index contributed by atoms with van der Waals surface area (Å²) in [6, 6.07) is 7.70. The molecule has 0 N–H and O–H groups in total. The Kier molecular flexibility index (Phi) is 3.59. The van der Waals surface area contributed by atoms with Crippen LogP contribution in [0.15, 0.2) is 24.3 Å². The van der Waals surface area contributed by atoms with Crippen molar-refractivity contribution in [2.24, 2.45) is 11.3 Å². The summed E-state index contributed by atoms with van der Waals surface area (Å²) in [5.41, 5.74) is 0.934. The monoisotopic (exact) mass is 286 g/mol. The fourth-order valence-corrected chi connectivity index (χ4v) is 3.94. The van der Waals surface area contributed by atoms with Crippen molar-refractivity contribution < 1.29 is 9.53 Å². The van der Waals surface area contributed by atoms with Crippen molar-refractivity contribution in [2.45, 2.75) is 64.9 Å². The lowest BCUT2D eigenvalue weighted by atomic mass is 9.65. The van der Waals surface area contributed by atoms with Crippen molar-refractivity contribution in [3.05, 3.63) is 29.8 Å². The molecule has 1 saturated carbocycles. The number of Topliss-reactive ketones (excluding diaryl/α,β-unsaturated/α-hetero) is 1. The number of benzene rings is 1. The first kappa shape index (κ1) is 14.6. The molecule has 0 unspecified atom stereocenters. The topological polar surface area (TPSA) is 26.3 Å². The van der Waals surface area contributed by atoms with Gasteiger partial charge in [0.2, 0.25) is 0 Å². The number of fused-ring (bicyclic) bond motifs is 1. The number of ketones is 1. The summed E-state index contributed by atoms with van der Waals surface area (Å²) < 4.78 is 6.30. The second-order valence-electron chi connectivity index (χ2n) is 7.50. The minimum Gasteiger partial charge on any atom is -0.486 e. The second kappa shape index (κ2) is 5.15. The SMILES string of the molecule is CCC(C)(C)C1CCC2(CC1)CC(=O)c1ccccc1O2. The largest absolute Gasteiger partial charge is 0.486 e. The van der Waals surface area contributed by atoms with Crippen LogP contribution in [-0.2, 0) is 0 Å². The van der Waals surface area contributed by atoms with Crippen LogP contribution >= 0.6 is 0 Å². The molecular formula is C19H26O2. The Morgan fingerprint density at radius 2 is 1.90 bits per heavy atom. The molecule has 0 amide bonds. The predicted octanol–water partition coefficient (Wildman–Crippen LogP) is 5.02. The van der Waals surface area contributed by atoms with Crippen molar-refractivity contribution >= 4 is 5.78 Å². The van der Waals surface area contributed by atoms with E-state index in [1.807, 2.05) is 24.3 Å². The smallest absolute Gasteiger partial charge is 0.170 e. The Bertz CT molecular complexity index is 536. The Morgan fingerprint density at radius 3 is 2.57 bits per heavy atom. The van der Waals surface area contributed by atoms with Crippen molar-refractivity contribution in [2.75, 3.05) is 0 Å². The summed E-state index contributed by atoms with van der Waals surface area (Å²) in [4.78, 5) is 12.4. The minimum absolute atomic E-state index is 0.230. The number of carbonyl (C=O) groups excluding carboxylic acids is 1. The third kappa shape index (κ3) is 2.61. The maximum atomic E-state index is 12.4. The van der Waals surface area contributed by atoms with Crippen LogP contribution in [0.1, 0.15) is 69.7 Å². The van der Waals surface area contributed by atoms with Gasteiger partial charge >= 0.3 is 0 Å². The molecule has 0 saturated heterocycles. The molecule has 1 aliphatic heterocycles. The quantitative estimate of drug-likeness (QED) is 0.763. The molecule has 0 bridgehead atoms. The molecule has 1 aromatic rings. The molecule has 0 aromatic heterocycles. The lowest BCUT2D eigenvalue weighted by molar-refractivity contribution is -0.0159. The average molecular weight is 286 g/mol. The van der Waals surface area contributed by atoms with Crippen molar-refractivity contribution in [3.63, 3.8) is 0 Å². The van der Waals surface area contributed by atoms with E-state index in [0.717, 1.165) is 30.1 Å². The molecule has 1 aliphatic carbocycles. The number of rotatable bonds is 2. The first-order valence-electron chi connectivity index (χ1n) is 8.27. The second-order valence-corrected chi connectivity index (χ2v) is 7.50. The van der Waals surface area contributed by atoms with Crippen LogP contribution in [0.4, 0.5) is 0 Å². The van der Waals surface area contributed by atoms with Gasteiger partial charge in [0.25, 0.3) is 0 Å². The maximum absolute atomic E-state index is 12.4. The van der Waals surface area contributed by atoms with E-state index in [-0.39, 0.29) is 11.4 Å². The summed E-state index contributed by atoms with van der Waals surface area (Å²) in [5, 5.41) is 0. The van der Waals surface area contributed by atoms with Gasteiger partial charge in [-0.15, -0.1) is 0 Å². The fourth-order valence-electron chi connectivity index (χ4n) is 3.94. The van der Waals surface area contributed by atoms with Gasteiger partial charge in [0.1, 0.15) is 11.4 Å². The van der Waals surface area contributed by atoms with Crippen molar-refractivity contribution in [3.8, 4) is 5.75 Å². The zero-order chi connectivity index (χ0) is 15.1. The van der Waals surface area contributed by atoms with Gasteiger partial charge in [-0.1, -0.05) is 39.3 Å². The molecule has 114 valence electrons. The zero-order valence-corrected chi connectivity index (χ0v) is 13.4. The van der Waals surface area contributed by atoms with Crippen LogP contribution in [0.5, 0.6) is 5.75 Å². The van der Waals surface area contributed by atoms with Crippen LogP contribution < -0.4 is 4.74 Å². The molecule has 0 radical (unpaired) electrons. The molecule has 3 rings (SSSR count). The summed E-state index contributed by atoms with van der Waals surface area (Å²) in [6.07, 6.45) is 6.16. The summed E-state index contributed by atoms with van der Waals surface area (Å²) in [5.74, 6) is 1.80. The lowest BCUT2D eigenvalue weighted by Crippen LogP contribution is -2.46. The Labute approximate surface area is 127 Å². The van der Waals surface area contributed by atoms with Gasteiger partial charge in [0, 0.05) is 0 Å². The Hall–Kier alpha value is -1.31. The van der Waals surface area contributed by atoms with E-state index in [1.165, 1.54) is 19.3 Å². The zero-order valence-electron chi connectivity index (χ0n) is 13.4. The van der Waals surface area contributed by atoms with Gasteiger partial charge in [-0.2, -0.15) is 0 Å². The first-order chi connectivity index (χ1) is 9.96. The summed E-state index contributed by atoms with van der Waals surface area (Å²) >= 11 is 0. The molecule has 1 heterocycles. The number of carbonyl (C=O) groups is 1. The van der Waals surface area contributed by atoms with Crippen LogP contribution in [0, 0.1) is 11.3 Å². The number of hydrogen-bond donors (Lipinski definition) is 0. The highest BCUT2D eigenvalue weighted by atomic mass is 16.5. The van der Waals surface area contributed by atoms with E-state index in [0.29, 0.717) is 11.8 Å². The predicted molar refractivity (Wildman–Crippen MR) is 84.8 cm³/mol. The van der Waals surface area contributed by atoms with Crippen LogP contribution in [0.2, 0.25) is 0 Å². The standard InChI is InChI=1S/C19H26O2/c1-4-18(2,3)14-9-11-19(12-10-14)13-16(20)15-7-5-6-8-17(15)21-19/h5-8,14H,4,9-13H2,1-3H3.